The Morgan fingerprint density at radius 3 is 2.83 bits per heavy atom. The van der Waals surface area contributed by atoms with E-state index in [1.165, 1.54) is 29.5 Å². The van der Waals surface area contributed by atoms with Crippen LogP contribution in [0.3, 0.4) is 0 Å². The van der Waals surface area contributed by atoms with Crippen molar-refractivity contribution in [1.29, 1.82) is 0 Å². The van der Waals surface area contributed by atoms with E-state index in [4.69, 9.17) is 0 Å². The third kappa shape index (κ3) is 5.98. The maximum atomic E-state index is 11.9. The van der Waals surface area contributed by atoms with Crippen LogP contribution < -0.4 is 16.0 Å². The summed E-state index contributed by atoms with van der Waals surface area (Å²) in [6.45, 7) is 4.89. The van der Waals surface area contributed by atoms with Gasteiger partial charge in [-0.15, -0.1) is 10.2 Å². The molecule has 23 heavy (non-hydrogen) atoms. The minimum atomic E-state index is -0.403. The summed E-state index contributed by atoms with van der Waals surface area (Å²) in [5.74, 6) is 0.287. The molecule has 0 aliphatic heterocycles. The number of nitrogens with one attached hydrogen (secondary N) is 3. The van der Waals surface area contributed by atoms with Crippen molar-refractivity contribution < 1.29 is 9.59 Å². The molecule has 2 rings (SSSR count). The Morgan fingerprint density at radius 2 is 2.09 bits per heavy atom. The van der Waals surface area contributed by atoms with Gasteiger partial charge in [0.1, 0.15) is 0 Å². The second kappa shape index (κ2) is 9.07. The van der Waals surface area contributed by atoms with Crippen molar-refractivity contribution in [2.45, 2.75) is 49.9 Å². The molecule has 1 heterocycles. The largest absolute Gasteiger partial charge is 0.360 e. The van der Waals surface area contributed by atoms with Crippen LogP contribution >= 0.6 is 23.1 Å². The van der Waals surface area contributed by atoms with Crippen molar-refractivity contribution in [3.8, 4) is 0 Å². The average Bonchev–Trinajstić information content (AvgIpc) is 2.96. The quantitative estimate of drug-likeness (QED) is 0.677. The molecule has 3 N–H and O–H groups in total. The van der Waals surface area contributed by atoms with Gasteiger partial charge in [0.25, 0.3) is 0 Å². The molecule has 0 radical (unpaired) electrons. The summed E-state index contributed by atoms with van der Waals surface area (Å²) in [4.78, 5) is 23.7. The van der Waals surface area contributed by atoms with Crippen LogP contribution in [0, 0.1) is 5.92 Å². The normalized spacial score (nSPS) is 20.8. The number of nitrogens with zero attached hydrogens (tertiary/aromatic N) is 2. The fraction of sp³-hybridized carbons (Fsp3) is 0.714. The van der Waals surface area contributed by atoms with E-state index in [0.29, 0.717) is 10.3 Å². The minimum absolute atomic E-state index is 0.147. The molecule has 1 aromatic heterocycles. The molecule has 1 saturated carbocycles. The zero-order valence-corrected chi connectivity index (χ0v) is 15.1. The topological polar surface area (TPSA) is 96.0 Å². The van der Waals surface area contributed by atoms with Crippen LogP contribution in [-0.4, -0.2) is 40.5 Å². The molecule has 0 unspecified atom stereocenters. The number of hydrogen-bond donors (Lipinski definition) is 3. The highest BCUT2D eigenvalue weighted by atomic mass is 32.2. The van der Waals surface area contributed by atoms with Gasteiger partial charge < -0.3 is 10.6 Å². The highest BCUT2D eigenvalue weighted by Gasteiger charge is 2.23. The van der Waals surface area contributed by atoms with Crippen LogP contribution in [-0.2, 0) is 4.79 Å². The molecule has 0 spiro atoms. The molecule has 7 nitrogen and oxygen atoms in total. The monoisotopic (exact) mass is 357 g/mol. The smallest absolute Gasteiger partial charge is 0.321 e. The summed E-state index contributed by atoms with van der Waals surface area (Å²) in [5, 5.41) is 17.0. The van der Waals surface area contributed by atoms with Crippen LogP contribution in [0.15, 0.2) is 4.34 Å². The first-order valence-electron chi connectivity index (χ1n) is 7.89. The average molecular weight is 358 g/mol. The molecule has 1 aliphatic rings. The number of imide groups is 1. The van der Waals surface area contributed by atoms with Gasteiger partial charge in [-0.2, -0.15) is 0 Å². The molecule has 128 valence electrons. The minimum Gasteiger partial charge on any atom is -0.360 e. The molecule has 0 aromatic carbocycles. The molecule has 0 saturated heterocycles. The summed E-state index contributed by atoms with van der Waals surface area (Å²) < 4.78 is 0.706. The lowest BCUT2D eigenvalue weighted by molar-refractivity contribution is -0.117. The van der Waals surface area contributed by atoms with Gasteiger partial charge in [-0.3, -0.25) is 10.1 Å². The van der Waals surface area contributed by atoms with E-state index in [1.54, 1.807) is 0 Å². The molecule has 1 aromatic rings. The lowest BCUT2D eigenvalue weighted by Crippen LogP contribution is -2.48. The Morgan fingerprint density at radius 1 is 1.30 bits per heavy atom. The summed E-state index contributed by atoms with van der Waals surface area (Å²) in [6.07, 6.45) is 4.45. The first-order chi connectivity index (χ1) is 11.1. The first-order valence-corrected chi connectivity index (χ1v) is 9.69. The molecule has 1 aliphatic carbocycles. The lowest BCUT2D eigenvalue weighted by atomic mass is 9.86. The number of hydrogen-bond acceptors (Lipinski definition) is 7. The second-order valence-corrected chi connectivity index (χ2v) is 7.78. The van der Waals surface area contributed by atoms with Crippen molar-refractivity contribution in [1.82, 2.24) is 20.8 Å². The predicted octanol–water partition coefficient (Wildman–Crippen LogP) is 2.47. The second-order valence-electron chi connectivity index (χ2n) is 5.58. The van der Waals surface area contributed by atoms with Crippen LogP contribution in [0.25, 0.3) is 0 Å². The highest BCUT2D eigenvalue weighted by Crippen LogP contribution is 2.25. The fourth-order valence-corrected chi connectivity index (χ4v) is 4.14. The fourth-order valence-electron chi connectivity index (χ4n) is 2.52. The Balaban J connectivity index is 1.70. The van der Waals surface area contributed by atoms with E-state index in [9.17, 15) is 9.59 Å². The third-order valence-electron chi connectivity index (χ3n) is 3.74. The van der Waals surface area contributed by atoms with Crippen molar-refractivity contribution in [2.24, 2.45) is 5.92 Å². The van der Waals surface area contributed by atoms with Crippen molar-refractivity contribution in [3.63, 3.8) is 0 Å². The van der Waals surface area contributed by atoms with Gasteiger partial charge in [0.05, 0.1) is 5.75 Å². The third-order valence-corrected chi connectivity index (χ3v) is 5.76. The summed E-state index contributed by atoms with van der Waals surface area (Å²) >= 11 is 2.67. The predicted molar refractivity (Wildman–Crippen MR) is 92.9 cm³/mol. The van der Waals surface area contributed by atoms with E-state index in [-0.39, 0.29) is 17.7 Å². The first kappa shape index (κ1) is 18.0. The molecule has 1 fully saturated rings. The molecular weight excluding hydrogens is 334 g/mol. The van der Waals surface area contributed by atoms with Crippen LogP contribution in [0.5, 0.6) is 0 Å². The van der Waals surface area contributed by atoms with Crippen molar-refractivity contribution in [2.75, 3.05) is 17.6 Å². The van der Waals surface area contributed by atoms with Gasteiger partial charge in [0.2, 0.25) is 11.0 Å². The Bertz CT molecular complexity index is 537. The number of anilines is 1. The molecule has 0 bridgehead atoms. The molecular formula is C14H23N5O2S2. The SMILES string of the molecule is CCNc1nnc(SCC(=O)NC(=O)N[C@H]2CCCC[C@H]2C)s1. The van der Waals surface area contributed by atoms with Gasteiger partial charge >= 0.3 is 6.03 Å². The zero-order chi connectivity index (χ0) is 16.7. The number of thioether (sulfide) groups is 1. The van der Waals surface area contributed by atoms with Gasteiger partial charge in [-0.05, 0) is 25.7 Å². The van der Waals surface area contributed by atoms with Gasteiger partial charge in [-0.25, -0.2) is 4.79 Å². The summed E-state index contributed by atoms with van der Waals surface area (Å²) in [7, 11) is 0. The van der Waals surface area contributed by atoms with E-state index >= 15 is 0 Å². The number of carbonyl (C=O) groups is 2. The molecule has 3 amide bonds. The van der Waals surface area contributed by atoms with E-state index in [2.05, 4.69) is 33.1 Å². The van der Waals surface area contributed by atoms with Gasteiger partial charge in [-0.1, -0.05) is 42.9 Å². The maximum absolute atomic E-state index is 11.9. The summed E-state index contributed by atoms with van der Waals surface area (Å²) in [6, 6.07) is -0.241. The zero-order valence-electron chi connectivity index (χ0n) is 13.4. The van der Waals surface area contributed by atoms with Crippen molar-refractivity contribution >= 4 is 40.2 Å². The van der Waals surface area contributed by atoms with E-state index in [0.717, 1.165) is 30.9 Å². The molecule has 9 heteroatoms. The number of amides is 3. The maximum Gasteiger partial charge on any atom is 0.321 e. The highest BCUT2D eigenvalue weighted by molar-refractivity contribution is 8.01. The number of aromatic nitrogens is 2. The summed E-state index contributed by atoms with van der Waals surface area (Å²) in [5.41, 5.74) is 0. The van der Waals surface area contributed by atoms with Gasteiger partial charge in [0.15, 0.2) is 4.34 Å². The Labute approximate surface area is 144 Å². The van der Waals surface area contributed by atoms with E-state index < -0.39 is 6.03 Å². The number of rotatable bonds is 6. The van der Waals surface area contributed by atoms with Crippen molar-refractivity contribution in [3.05, 3.63) is 0 Å². The van der Waals surface area contributed by atoms with Crippen LogP contribution in [0.4, 0.5) is 9.93 Å². The number of urea groups is 1. The Kier molecular flexibility index (Phi) is 7.10. The van der Waals surface area contributed by atoms with Crippen LogP contribution in [0.1, 0.15) is 39.5 Å². The van der Waals surface area contributed by atoms with Crippen LogP contribution in [0.2, 0.25) is 0 Å². The lowest BCUT2D eigenvalue weighted by Gasteiger charge is -2.29. The number of carbonyl (C=O) groups excluding carboxylic acids is 2. The van der Waals surface area contributed by atoms with E-state index in [1.807, 2.05) is 6.92 Å². The standard InChI is InChI=1S/C14H23N5O2S2/c1-3-15-13-18-19-14(23-13)22-8-11(20)17-12(21)16-10-7-5-4-6-9(10)2/h9-10H,3-8H2,1-2H3,(H,15,18)(H2,16,17,20,21)/t9-,10+/m1/s1. The molecule has 2 atom stereocenters. The van der Waals surface area contributed by atoms with Gasteiger partial charge in [0, 0.05) is 12.6 Å². The Hall–Kier alpha value is -1.35.